The van der Waals surface area contributed by atoms with Gasteiger partial charge in [-0.1, -0.05) is 0 Å². The zero-order valence-electron chi connectivity index (χ0n) is 10.1. The molecule has 0 atom stereocenters. The number of ether oxygens (including phenoxy) is 1. The summed E-state index contributed by atoms with van der Waals surface area (Å²) in [5, 5.41) is 4.00. The Bertz CT molecular complexity index is 501. The molecule has 0 aliphatic heterocycles. The van der Waals surface area contributed by atoms with E-state index in [-0.39, 0.29) is 5.60 Å². The molecule has 0 aromatic carbocycles. The van der Waals surface area contributed by atoms with Gasteiger partial charge < -0.3 is 10.5 Å². The summed E-state index contributed by atoms with van der Waals surface area (Å²) in [6, 6.07) is 3.50. The van der Waals surface area contributed by atoms with E-state index in [0.29, 0.717) is 17.4 Å². The standard InChI is InChI=1S/C11H15N5O/c1-11(2,3)17-10-8(12)4-5-9(15-10)16-7-13-6-14-16/h4-7H,12H2,1-3H3. The fourth-order valence-electron chi connectivity index (χ4n) is 1.27. The van der Waals surface area contributed by atoms with E-state index in [1.807, 2.05) is 20.8 Å². The van der Waals surface area contributed by atoms with Crippen LogP contribution in [0.25, 0.3) is 5.82 Å². The number of anilines is 1. The van der Waals surface area contributed by atoms with Crippen LogP contribution in [0.3, 0.4) is 0 Å². The van der Waals surface area contributed by atoms with Crippen molar-refractivity contribution >= 4 is 5.69 Å². The first-order chi connectivity index (χ1) is 7.96. The molecule has 0 fully saturated rings. The zero-order valence-corrected chi connectivity index (χ0v) is 10.1. The van der Waals surface area contributed by atoms with Gasteiger partial charge in [-0.25, -0.2) is 9.67 Å². The van der Waals surface area contributed by atoms with E-state index >= 15 is 0 Å². The fourth-order valence-corrected chi connectivity index (χ4v) is 1.27. The van der Waals surface area contributed by atoms with Crippen LogP contribution < -0.4 is 10.5 Å². The van der Waals surface area contributed by atoms with Crippen molar-refractivity contribution in [3.05, 3.63) is 24.8 Å². The molecule has 0 saturated heterocycles. The lowest BCUT2D eigenvalue weighted by molar-refractivity contribution is 0.125. The van der Waals surface area contributed by atoms with Gasteiger partial charge in [-0.3, -0.25) is 0 Å². The Morgan fingerprint density at radius 2 is 2.06 bits per heavy atom. The second-order valence-electron chi connectivity index (χ2n) is 4.62. The number of rotatable bonds is 2. The maximum atomic E-state index is 5.82. The third kappa shape index (κ3) is 2.72. The lowest BCUT2D eigenvalue weighted by atomic mass is 10.2. The van der Waals surface area contributed by atoms with Crippen LogP contribution in [0, 0.1) is 0 Å². The number of nitrogens with two attached hydrogens (primary N) is 1. The summed E-state index contributed by atoms with van der Waals surface area (Å²) in [5.41, 5.74) is 5.98. The highest BCUT2D eigenvalue weighted by molar-refractivity contribution is 5.50. The van der Waals surface area contributed by atoms with Crippen LogP contribution in [0.15, 0.2) is 24.8 Å². The minimum absolute atomic E-state index is 0.345. The Hall–Kier alpha value is -2.11. The first-order valence-electron chi connectivity index (χ1n) is 5.26. The van der Waals surface area contributed by atoms with Gasteiger partial charge >= 0.3 is 0 Å². The topological polar surface area (TPSA) is 78.8 Å². The fraction of sp³-hybridized carbons (Fsp3) is 0.364. The number of pyridine rings is 1. The molecular weight excluding hydrogens is 218 g/mol. The van der Waals surface area contributed by atoms with Gasteiger partial charge in [-0.2, -0.15) is 10.1 Å². The van der Waals surface area contributed by atoms with Gasteiger partial charge in [0.1, 0.15) is 18.3 Å². The third-order valence-electron chi connectivity index (χ3n) is 1.93. The van der Waals surface area contributed by atoms with Crippen LogP contribution in [0.2, 0.25) is 0 Å². The summed E-state index contributed by atoms with van der Waals surface area (Å²) >= 11 is 0. The van der Waals surface area contributed by atoms with Gasteiger partial charge in [-0.15, -0.1) is 0 Å². The molecule has 0 spiro atoms. The van der Waals surface area contributed by atoms with E-state index in [2.05, 4.69) is 15.1 Å². The van der Waals surface area contributed by atoms with Gasteiger partial charge in [0.2, 0.25) is 5.88 Å². The quantitative estimate of drug-likeness (QED) is 0.848. The van der Waals surface area contributed by atoms with E-state index in [4.69, 9.17) is 10.5 Å². The molecule has 0 unspecified atom stereocenters. The minimum atomic E-state index is -0.345. The van der Waals surface area contributed by atoms with Crippen molar-refractivity contribution in [3.63, 3.8) is 0 Å². The second kappa shape index (κ2) is 4.04. The highest BCUT2D eigenvalue weighted by Crippen LogP contribution is 2.24. The first-order valence-corrected chi connectivity index (χ1v) is 5.26. The van der Waals surface area contributed by atoms with Gasteiger partial charge in [0.25, 0.3) is 0 Å². The summed E-state index contributed by atoms with van der Waals surface area (Å²) in [6.07, 6.45) is 3.02. The van der Waals surface area contributed by atoms with E-state index in [0.717, 1.165) is 0 Å². The van der Waals surface area contributed by atoms with Crippen LogP contribution in [-0.4, -0.2) is 25.3 Å². The van der Waals surface area contributed by atoms with Crippen molar-refractivity contribution in [1.82, 2.24) is 19.7 Å². The normalized spacial score (nSPS) is 11.5. The van der Waals surface area contributed by atoms with Crippen molar-refractivity contribution in [1.29, 1.82) is 0 Å². The maximum absolute atomic E-state index is 5.82. The molecule has 2 aromatic rings. The van der Waals surface area contributed by atoms with Crippen molar-refractivity contribution in [2.24, 2.45) is 0 Å². The average molecular weight is 233 g/mol. The molecule has 0 amide bonds. The molecule has 2 heterocycles. The molecule has 0 aliphatic rings. The SMILES string of the molecule is CC(C)(C)Oc1nc(-n2cncn2)ccc1N. The summed E-state index contributed by atoms with van der Waals surface area (Å²) in [6.45, 7) is 5.82. The smallest absolute Gasteiger partial charge is 0.239 e. The van der Waals surface area contributed by atoms with Gasteiger partial charge in [0, 0.05) is 0 Å². The lowest BCUT2D eigenvalue weighted by Gasteiger charge is -2.21. The number of nitrogens with zero attached hydrogens (tertiary/aromatic N) is 4. The van der Waals surface area contributed by atoms with E-state index in [1.54, 1.807) is 23.1 Å². The van der Waals surface area contributed by atoms with Crippen LogP contribution in [0.5, 0.6) is 5.88 Å². The predicted octanol–water partition coefficient (Wildman–Crippen LogP) is 1.42. The van der Waals surface area contributed by atoms with E-state index in [9.17, 15) is 0 Å². The van der Waals surface area contributed by atoms with E-state index in [1.165, 1.54) is 6.33 Å². The molecule has 0 bridgehead atoms. The largest absolute Gasteiger partial charge is 0.470 e. The molecule has 0 aliphatic carbocycles. The summed E-state index contributed by atoms with van der Waals surface area (Å²) in [7, 11) is 0. The molecule has 0 saturated carbocycles. The monoisotopic (exact) mass is 233 g/mol. The first kappa shape index (κ1) is 11.4. The molecule has 6 nitrogen and oxygen atoms in total. The molecule has 17 heavy (non-hydrogen) atoms. The molecule has 6 heteroatoms. The van der Waals surface area contributed by atoms with Crippen molar-refractivity contribution in [3.8, 4) is 11.7 Å². The summed E-state index contributed by atoms with van der Waals surface area (Å²) in [4.78, 5) is 8.18. The van der Waals surface area contributed by atoms with Crippen LogP contribution in [0.1, 0.15) is 20.8 Å². The van der Waals surface area contributed by atoms with Crippen LogP contribution >= 0.6 is 0 Å². The Morgan fingerprint density at radius 3 is 2.65 bits per heavy atom. The van der Waals surface area contributed by atoms with Crippen LogP contribution in [-0.2, 0) is 0 Å². The van der Waals surface area contributed by atoms with Crippen molar-refractivity contribution < 1.29 is 4.74 Å². The zero-order chi connectivity index (χ0) is 12.5. The second-order valence-corrected chi connectivity index (χ2v) is 4.62. The Morgan fingerprint density at radius 1 is 1.29 bits per heavy atom. The van der Waals surface area contributed by atoms with Crippen LogP contribution in [0.4, 0.5) is 5.69 Å². The molecule has 2 aromatic heterocycles. The Balaban J connectivity index is 2.36. The highest BCUT2D eigenvalue weighted by Gasteiger charge is 2.15. The molecule has 2 N–H and O–H groups in total. The number of nitrogen functional groups attached to an aromatic ring is 1. The summed E-state index contributed by atoms with van der Waals surface area (Å²) in [5.74, 6) is 1.03. The van der Waals surface area contributed by atoms with Crippen molar-refractivity contribution in [2.75, 3.05) is 5.73 Å². The van der Waals surface area contributed by atoms with Gasteiger partial charge in [0.05, 0.1) is 5.69 Å². The van der Waals surface area contributed by atoms with Gasteiger partial charge in [-0.05, 0) is 32.9 Å². The molecule has 0 radical (unpaired) electrons. The van der Waals surface area contributed by atoms with Gasteiger partial charge in [0.15, 0.2) is 5.82 Å². The van der Waals surface area contributed by atoms with E-state index < -0.39 is 0 Å². The average Bonchev–Trinajstić information content (AvgIpc) is 2.72. The molecular formula is C11H15N5O. The Labute approximate surface area is 99.4 Å². The highest BCUT2D eigenvalue weighted by atomic mass is 16.5. The number of hydrogen-bond donors (Lipinski definition) is 1. The maximum Gasteiger partial charge on any atom is 0.239 e. The predicted molar refractivity (Wildman–Crippen MR) is 63.9 cm³/mol. The number of hydrogen-bond acceptors (Lipinski definition) is 5. The molecule has 90 valence electrons. The summed E-state index contributed by atoms with van der Waals surface area (Å²) < 4.78 is 7.22. The number of aromatic nitrogens is 4. The third-order valence-corrected chi connectivity index (χ3v) is 1.93. The minimum Gasteiger partial charge on any atom is -0.470 e. The van der Waals surface area contributed by atoms with Crippen molar-refractivity contribution in [2.45, 2.75) is 26.4 Å². The molecule has 2 rings (SSSR count). The Kier molecular flexibility index (Phi) is 2.71. The lowest BCUT2D eigenvalue weighted by Crippen LogP contribution is -2.24.